The maximum absolute atomic E-state index is 12.1. The Hall–Kier alpha value is -1.14. The molecule has 2 fully saturated rings. The van der Waals surface area contributed by atoms with Crippen molar-refractivity contribution in [3.63, 3.8) is 0 Å². The van der Waals surface area contributed by atoms with Crippen LogP contribution >= 0.6 is 0 Å². The zero-order valence-corrected chi connectivity index (χ0v) is 13.0. The van der Waals surface area contributed by atoms with Gasteiger partial charge in [-0.25, -0.2) is 4.79 Å². The van der Waals surface area contributed by atoms with Gasteiger partial charge in [0.15, 0.2) is 0 Å². The summed E-state index contributed by atoms with van der Waals surface area (Å²) in [4.78, 5) is 25.6. The molecule has 2 rings (SSSR count). The van der Waals surface area contributed by atoms with Crippen LogP contribution in [0, 0.1) is 5.92 Å². The van der Waals surface area contributed by atoms with E-state index in [1.165, 1.54) is 0 Å². The third kappa shape index (κ3) is 3.74. The van der Waals surface area contributed by atoms with E-state index in [0.29, 0.717) is 13.1 Å². The summed E-state index contributed by atoms with van der Waals surface area (Å²) in [5.41, 5.74) is -0.537. The maximum Gasteiger partial charge on any atom is 0.321 e. The van der Waals surface area contributed by atoms with Crippen LogP contribution in [-0.4, -0.2) is 53.2 Å². The highest BCUT2D eigenvalue weighted by atomic mass is 16.3. The van der Waals surface area contributed by atoms with Crippen molar-refractivity contribution in [2.75, 3.05) is 19.6 Å². The SMILES string of the molecule is CCNC(=O)NC(=O)C(C)N1CCC2(O)CCCCC2C1. The largest absolute Gasteiger partial charge is 0.390 e. The first kappa shape index (κ1) is 16.2. The van der Waals surface area contributed by atoms with Gasteiger partial charge in [0.2, 0.25) is 5.91 Å². The van der Waals surface area contributed by atoms with Crippen molar-refractivity contribution < 1.29 is 14.7 Å². The highest BCUT2D eigenvalue weighted by molar-refractivity contribution is 5.96. The van der Waals surface area contributed by atoms with E-state index in [1.807, 2.05) is 13.8 Å². The van der Waals surface area contributed by atoms with E-state index in [2.05, 4.69) is 15.5 Å². The maximum atomic E-state index is 12.1. The lowest BCUT2D eigenvalue weighted by atomic mass is 9.71. The molecule has 3 unspecified atom stereocenters. The standard InChI is InChI=1S/C15H27N3O3/c1-3-16-14(20)17-13(19)11(2)18-9-8-15(21)7-5-4-6-12(15)10-18/h11-12,21H,3-10H2,1-2H3,(H2,16,17,19,20). The van der Waals surface area contributed by atoms with Crippen LogP contribution in [-0.2, 0) is 4.79 Å². The molecular formula is C15H27N3O3. The van der Waals surface area contributed by atoms with E-state index in [-0.39, 0.29) is 17.9 Å². The Morgan fingerprint density at radius 1 is 1.38 bits per heavy atom. The molecule has 0 spiro atoms. The summed E-state index contributed by atoms with van der Waals surface area (Å²) in [5.74, 6) is -0.0260. The van der Waals surface area contributed by atoms with Gasteiger partial charge >= 0.3 is 6.03 Å². The van der Waals surface area contributed by atoms with Gasteiger partial charge in [-0.05, 0) is 33.1 Å². The van der Waals surface area contributed by atoms with Gasteiger partial charge in [0.25, 0.3) is 0 Å². The summed E-state index contributed by atoms with van der Waals surface area (Å²) in [6.45, 7) is 5.56. The molecule has 21 heavy (non-hydrogen) atoms. The van der Waals surface area contributed by atoms with Gasteiger partial charge in [0, 0.05) is 25.6 Å². The van der Waals surface area contributed by atoms with Gasteiger partial charge in [-0.3, -0.25) is 15.0 Å². The lowest BCUT2D eigenvalue weighted by Crippen LogP contribution is -2.58. The number of hydrogen-bond donors (Lipinski definition) is 3. The summed E-state index contributed by atoms with van der Waals surface area (Å²) < 4.78 is 0. The number of likely N-dealkylation sites (tertiary alicyclic amines) is 1. The zero-order valence-electron chi connectivity index (χ0n) is 13.0. The molecule has 1 aliphatic heterocycles. The van der Waals surface area contributed by atoms with E-state index in [1.54, 1.807) is 0 Å². The molecule has 1 saturated heterocycles. The van der Waals surface area contributed by atoms with Crippen molar-refractivity contribution in [3.05, 3.63) is 0 Å². The van der Waals surface area contributed by atoms with Crippen LogP contribution in [0.1, 0.15) is 46.0 Å². The fourth-order valence-electron chi connectivity index (χ4n) is 3.54. The minimum absolute atomic E-state index is 0.250. The number of piperidine rings is 1. The Morgan fingerprint density at radius 2 is 2.14 bits per heavy atom. The number of urea groups is 1. The van der Waals surface area contributed by atoms with Crippen LogP contribution in [0.4, 0.5) is 4.79 Å². The molecular weight excluding hydrogens is 270 g/mol. The number of hydrogen-bond acceptors (Lipinski definition) is 4. The third-order valence-electron chi connectivity index (χ3n) is 4.96. The normalized spacial score (nSPS) is 31.1. The van der Waals surface area contributed by atoms with Crippen LogP contribution in [0.25, 0.3) is 0 Å². The highest BCUT2D eigenvalue weighted by Crippen LogP contribution is 2.40. The van der Waals surface area contributed by atoms with E-state index in [9.17, 15) is 14.7 Å². The zero-order chi connectivity index (χ0) is 15.5. The number of aliphatic hydroxyl groups is 1. The molecule has 3 amide bonds. The molecule has 120 valence electrons. The first-order valence-corrected chi connectivity index (χ1v) is 8.01. The van der Waals surface area contributed by atoms with Gasteiger partial charge in [-0.15, -0.1) is 0 Å². The average Bonchev–Trinajstić information content (AvgIpc) is 2.45. The summed E-state index contributed by atoms with van der Waals surface area (Å²) in [5, 5.41) is 15.6. The van der Waals surface area contributed by atoms with Crippen LogP contribution in [0.2, 0.25) is 0 Å². The Balaban J connectivity index is 1.90. The monoisotopic (exact) mass is 297 g/mol. The predicted molar refractivity (Wildman–Crippen MR) is 79.8 cm³/mol. The van der Waals surface area contributed by atoms with Gasteiger partial charge in [0.1, 0.15) is 0 Å². The van der Waals surface area contributed by atoms with Crippen molar-refractivity contribution in [1.82, 2.24) is 15.5 Å². The third-order valence-corrected chi connectivity index (χ3v) is 4.96. The van der Waals surface area contributed by atoms with E-state index >= 15 is 0 Å². The van der Waals surface area contributed by atoms with Gasteiger partial charge in [-0.2, -0.15) is 0 Å². The van der Waals surface area contributed by atoms with E-state index in [0.717, 1.165) is 38.6 Å². The average molecular weight is 297 g/mol. The number of amides is 3. The van der Waals surface area contributed by atoms with Crippen LogP contribution < -0.4 is 10.6 Å². The number of nitrogens with zero attached hydrogens (tertiary/aromatic N) is 1. The lowest BCUT2D eigenvalue weighted by molar-refractivity contribution is -0.132. The first-order valence-electron chi connectivity index (χ1n) is 8.01. The number of fused-ring (bicyclic) bond motifs is 1. The molecule has 0 aromatic rings. The Labute approximate surface area is 126 Å². The summed E-state index contributed by atoms with van der Waals surface area (Å²) in [7, 11) is 0. The van der Waals surface area contributed by atoms with E-state index in [4.69, 9.17) is 0 Å². The van der Waals surface area contributed by atoms with Crippen LogP contribution in [0.5, 0.6) is 0 Å². The van der Waals surface area contributed by atoms with Crippen molar-refractivity contribution in [2.24, 2.45) is 5.92 Å². The molecule has 1 aliphatic carbocycles. The molecule has 0 radical (unpaired) electrons. The minimum Gasteiger partial charge on any atom is -0.390 e. The topological polar surface area (TPSA) is 81.7 Å². The minimum atomic E-state index is -0.537. The first-order chi connectivity index (χ1) is 9.96. The molecule has 6 heteroatoms. The van der Waals surface area contributed by atoms with E-state index < -0.39 is 11.6 Å². The number of carbonyl (C=O) groups is 2. The lowest BCUT2D eigenvalue weighted by Gasteiger charge is -2.48. The fourth-order valence-corrected chi connectivity index (χ4v) is 3.54. The molecule has 6 nitrogen and oxygen atoms in total. The highest BCUT2D eigenvalue weighted by Gasteiger charge is 2.44. The second-order valence-electron chi connectivity index (χ2n) is 6.32. The van der Waals surface area contributed by atoms with Crippen molar-refractivity contribution in [1.29, 1.82) is 0 Å². The number of rotatable bonds is 3. The van der Waals surface area contributed by atoms with Crippen LogP contribution in [0.3, 0.4) is 0 Å². The molecule has 1 heterocycles. The number of imide groups is 1. The number of nitrogens with one attached hydrogen (secondary N) is 2. The fraction of sp³-hybridized carbons (Fsp3) is 0.867. The van der Waals surface area contributed by atoms with Crippen LogP contribution in [0.15, 0.2) is 0 Å². The Kier molecular flexibility index (Phi) is 5.22. The molecule has 0 aromatic carbocycles. The Bertz CT molecular complexity index is 402. The molecule has 1 saturated carbocycles. The van der Waals surface area contributed by atoms with Gasteiger partial charge in [-0.1, -0.05) is 12.8 Å². The molecule has 3 N–H and O–H groups in total. The molecule has 2 aliphatic rings. The van der Waals surface area contributed by atoms with Crippen molar-refractivity contribution >= 4 is 11.9 Å². The second-order valence-corrected chi connectivity index (χ2v) is 6.32. The molecule has 3 atom stereocenters. The molecule has 0 aromatic heterocycles. The smallest absolute Gasteiger partial charge is 0.321 e. The molecule has 0 bridgehead atoms. The Morgan fingerprint density at radius 3 is 2.86 bits per heavy atom. The van der Waals surface area contributed by atoms with Crippen molar-refractivity contribution in [3.8, 4) is 0 Å². The van der Waals surface area contributed by atoms with Gasteiger partial charge < -0.3 is 10.4 Å². The summed E-state index contributed by atoms with van der Waals surface area (Å²) in [6, 6.07) is -0.792. The summed E-state index contributed by atoms with van der Waals surface area (Å²) in [6.07, 6.45) is 4.87. The van der Waals surface area contributed by atoms with Gasteiger partial charge in [0.05, 0.1) is 11.6 Å². The summed E-state index contributed by atoms with van der Waals surface area (Å²) >= 11 is 0. The van der Waals surface area contributed by atoms with Crippen molar-refractivity contribution in [2.45, 2.75) is 57.6 Å². The quantitative estimate of drug-likeness (QED) is 0.721. The number of carbonyl (C=O) groups excluding carboxylic acids is 2. The second kappa shape index (κ2) is 6.75. The predicted octanol–water partition coefficient (Wildman–Crippen LogP) is 0.848.